The number of methoxy groups -OCH3 is 1. The first kappa shape index (κ1) is 30.7. The third kappa shape index (κ3) is 4.58. The second-order valence-electron chi connectivity index (χ2n) is 16.6. The molecule has 7 nitrogen and oxygen atoms in total. The van der Waals surface area contributed by atoms with Crippen molar-refractivity contribution in [2.75, 3.05) is 13.7 Å². The van der Waals surface area contributed by atoms with Crippen LogP contribution in [0.4, 0.5) is 0 Å². The van der Waals surface area contributed by atoms with E-state index >= 15 is 0 Å². The van der Waals surface area contributed by atoms with Gasteiger partial charge < -0.3 is 22.8 Å². The van der Waals surface area contributed by atoms with Crippen molar-refractivity contribution < 1.29 is 32.3 Å². The molecule has 5 unspecified atom stereocenters. The summed E-state index contributed by atoms with van der Waals surface area (Å²) in [6, 6.07) is 0. The van der Waals surface area contributed by atoms with Crippen LogP contribution in [0, 0.1) is 39.9 Å². The molecule has 10 atom stereocenters. The monoisotopic (exact) mass is 608 g/mol. The molecule has 0 radical (unpaired) electrons. The van der Waals surface area contributed by atoms with Gasteiger partial charge in [0.2, 0.25) is 0 Å². The Balaban J connectivity index is 1.78. The van der Waals surface area contributed by atoms with Crippen LogP contribution in [-0.4, -0.2) is 68.9 Å². The SMILES string of the molecule is C=C1C[C@]23C[C@H]1CC(O[Si](C)(C)C)C2[C@@]12COC(=O)C(C)(C1C3C(=O)OC)[C@@H](O[Si](C)(C)C)[C@@H](O[Si](C)(C)C)C2. The van der Waals surface area contributed by atoms with Gasteiger partial charge in [0.15, 0.2) is 25.0 Å². The first-order valence-electron chi connectivity index (χ1n) is 15.1. The summed E-state index contributed by atoms with van der Waals surface area (Å²) < 4.78 is 32.9. The molecule has 40 heavy (non-hydrogen) atoms. The number of ether oxygens (including phenoxy) is 2. The van der Waals surface area contributed by atoms with Gasteiger partial charge >= 0.3 is 11.9 Å². The fraction of sp³-hybridized carbons (Fsp3) is 0.867. The van der Waals surface area contributed by atoms with Crippen molar-refractivity contribution in [1.29, 1.82) is 0 Å². The van der Waals surface area contributed by atoms with Crippen molar-refractivity contribution >= 4 is 36.9 Å². The van der Waals surface area contributed by atoms with Crippen molar-refractivity contribution in [2.45, 2.75) is 110 Å². The van der Waals surface area contributed by atoms with Crippen molar-refractivity contribution in [3.63, 3.8) is 0 Å². The van der Waals surface area contributed by atoms with Crippen LogP contribution in [0.15, 0.2) is 12.2 Å². The molecule has 1 saturated heterocycles. The van der Waals surface area contributed by atoms with Gasteiger partial charge in [0.25, 0.3) is 0 Å². The van der Waals surface area contributed by atoms with Crippen LogP contribution in [0.3, 0.4) is 0 Å². The molecule has 0 aromatic heterocycles. The van der Waals surface area contributed by atoms with Crippen molar-refractivity contribution in [3.8, 4) is 0 Å². The van der Waals surface area contributed by atoms with Gasteiger partial charge in [-0.2, -0.15) is 0 Å². The Morgan fingerprint density at radius 1 is 0.875 bits per heavy atom. The van der Waals surface area contributed by atoms with Gasteiger partial charge in [-0.15, -0.1) is 0 Å². The minimum Gasteiger partial charge on any atom is -0.469 e. The fourth-order valence-electron chi connectivity index (χ4n) is 10.0. The molecule has 5 rings (SSSR count). The molecule has 4 bridgehead atoms. The topological polar surface area (TPSA) is 80.3 Å². The van der Waals surface area contributed by atoms with E-state index in [1.165, 1.54) is 12.7 Å². The quantitative estimate of drug-likeness (QED) is 0.200. The molecule has 0 N–H and O–H groups in total. The molecule has 4 aliphatic carbocycles. The smallest absolute Gasteiger partial charge is 0.314 e. The number of cyclic esters (lactones) is 1. The lowest BCUT2D eigenvalue weighted by Crippen LogP contribution is -2.71. The zero-order valence-electron chi connectivity index (χ0n) is 26.6. The number of carbonyl (C=O) groups excluding carboxylic acids is 2. The molecule has 5 aliphatic rings. The van der Waals surface area contributed by atoms with E-state index in [0.717, 1.165) is 19.3 Å². The summed E-state index contributed by atoms with van der Waals surface area (Å²) in [5.74, 6) is -0.843. The first-order chi connectivity index (χ1) is 18.2. The summed E-state index contributed by atoms with van der Waals surface area (Å²) in [4.78, 5) is 28.3. The van der Waals surface area contributed by atoms with Gasteiger partial charge in [-0.05, 0) is 109 Å². The molecule has 226 valence electrons. The standard InChI is InChI=1S/C30H52O7Si3/c1-18-14-29-15-19(18)13-20(35-38(4,5)6)23(29)30-16-21(36-39(7,8)9)25(37-40(10,11)12)28(2,27(32)34-17-30)24(30)22(29)26(31)33-3/h19-25H,1,13-17H2,2-12H3/t19-,20?,21+,22?,23?,24?,25+,28?,29-,30-/m1/s1. The fourth-order valence-corrected chi connectivity index (χ4v) is 13.4. The summed E-state index contributed by atoms with van der Waals surface area (Å²) in [7, 11) is -4.62. The highest BCUT2D eigenvalue weighted by molar-refractivity contribution is 6.70. The van der Waals surface area contributed by atoms with E-state index in [0.29, 0.717) is 18.9 Å². The van der Waals surface area contributed by atoms with E-state index in [1.807, 2.05) is 6.92 Å². The summed E-state index contributed by atoms with van der Waals surface area (Å²) in [5.41, 5.74) is -0.678. The maximum absolute atomic E-state index is 14.2. The average Bonchev–Trinajstić information content (AvgIpc) is 3.19. The van der Waals surface area contributed by atoms with Crippen molar-refractivity contribution in [3.05, 3.63) is 12.2 Å². The van der Waals surface area contributed by atoms with Crippen LogP contribution in [0.2, 0.25) is 58.9 Å². The van der Waals surface area contributed by atoms with Gasteiger partial charge in [0.05, 0.1) is 37.3 Å². The Hall–Kier alpha value is -0.789. The molecule has 4 saturated carbocycles. The van der Waals surface area contributed by atoms with Crippen LogP contribution >= 0.6 is 0 Å². The average molecular weight is 609 g/mol. The third-order valence-corrected chi connectivity index (χ3v) is 13.5. The molecule has 0 aromatic rings. The first-order valence-corrected chi connectivity index (χ1v) is 25.4. The van der Waals surface area contributed by atoms with E-state index in [-0.39, 0.29) is 41.4 Å². The van der Waals surface area contributed by atoms with Crippen LogP contribution in [0.1, 0.15) is 32.6 Å². The normalized spacial score (nSPS) is 44.6. The lowest BCUT2D eigenvalue weighted by Gasteiger charge is -2.62. The Kier molecular flexibility index (Phi) is 7.17. The number of allylic oxidation sites excluding steroid dienone is 1. The zero-order chi connectivity index (χ0) is 29.8. The van der Waals surface area contributed by atoms with Crippen LogP contribution in [0.25, 0.3) is 0 Å². The van der Waals surface area contributed by atoms with Gasteiger partial charge in [0, 0.05) is 17.4 Å². The number of esters is 2. The number of carbonyl (C=O) groups is 2. The van der Waals surface area contributed by atoms with E-state index in [1.54, 1.807) is 0 Å². The zero-order valence-corrected chi connectivity index (χ0v) is 29.6. The predicted molar refractivity (Wildman–Crippen MR) is 162 cm³/mol. The lowest BCUT2D eigenvalue weighted by atomic mass is 9.49. The predicted octanol–water partition coefficient (Wildman–Crippen LogP) is 5.99. The highest BCUT2D eigenvalue weighted by Gasteiger charge is 2.83. The molecule has 1 aliphatic heterocycles. The van der Waals surface area contributed by atoms with Crippen LogP contribution < -0.4 is 0 Å². The summed E-state index contributed by atoms with van der Waals surface area (Å²) >= 11 is 0. The van der Waals surface area contributed by atoms with Gasteiger partial charge in [-0.3, -0.25) is 9.59 Å². The van der Waals surface area contributed by atoms with Crippen LogP contribution in [0.5, 0.6) is 0 Å². The summed E-state index contributed by atoms with van der Waals surface area (Å²) in [6.45, 7) is 26.7. The van der Waals surface area contributed by atoms with Gasteiger partial charge in [0.1, 0.15) is 0 Å². The lowest BCUT2D eigenvalue weighted by molar-refractivity contribution is -0.240. The van der Waals surface area contributed by atoms with Gasteiger partial charge in [-0.1, -0.05) is 12.2 Å². The largest absolute Gasteiger partial charge is 0.469 e. The second kappa shape index (κ2) is 9.35. The van der Waals surface area contributed by atoms with Gasteiger partial charge in [-0.25, -0.2) is 0 Å². The molecule has 5 fully saturated rings. The Labute approximate surface area is 244 Å². The third-order valence-electron chi connectivity index (χ3n) is 10.5. The molecule has 0 amide bonds. The Morgan fingerprint density at radius 3 is 2.00 bits per heavy atom. The number of rotatable bonds is 7. The molecule has 0 aromatic carbocycles. The van der Waals surface area contributed by atoms with E-state index < -0.39 is 47.8 Å². The van der Waals surface area contributed by atoms with E-state index in [9.17, 15) is 9.59 Å². The summed E-state index contributed by atoms with van der Waals surface area (Å²) in [5, 5.41) is 0. The van der Waals surface area contributed by atoms with Crippen molar-refractivity contribution in [1.82, 2.24) is 0 Å². The van der Waals surface area contributed by atoms with E-state index in [2.05, 4.69) is 65.5 Å². The maximum atomic E-state index is 14.2. The number of hydrogen-bond donors (Lipinski definition) is 0. The van der Waals surface area contributed by atoms with E-state index in [4.69, 9.17) is 22.8 Å². The Morgan fingerprint density at radius 2 is 1.45 bits per heavy atom. The molecule has 1 heterocycles. The van der Waals surface area contributed by atoms with Crippen molar-refractivity contribution in [2.24, 2.45) is 39.9 Å². The number of fused-ring (bicyclic) bond motifs is 1. The highest BCUT2D eigenvalue weighted by Crippen LogP contribution is 2.79. The van der Waals surface area contributed by atoms with Crippen LogP contribution in [-0.2, 0) is 32.3 Å². The molecular weight excluding hydrogens is 557 g/mol. The minimum absolute atomic E-state index is 0.0233. The maximum Gasteiger partial charge on any atom is 0.314 e. The molecule has 10 heteroatoms. The second-order valence-corrected chi connectivity index (χ2v) is 30.0. The highest BCUT2D eigenvalue weighted by atomic mass is 28.4. The minimum atomic E-state index is -2.13. The number of hydrogen-bond acceptors (Lipinski definition) is 7. The Bertz CT molecular complexity index is 1090. The molecular formula is C30H52O7Si3. The summed E-state index contributed by atoms with van der Waals surface area (Å²) in [6.07, 6.45) is 2.51. The molecule has 1 spiro atoms.